The van der Waals surface area contributed by atoms with Crippen molar-refractivity contribution in [3.63, 3.8) is 0 Å². The van der Waals surface area contributed by atoms with Crippen molar-refractivity contribution in [2.75, 3.05) is 25.5 Å². The molecule has 0 bridgehead atoms. The molecule has 1 aromatic carbocycles. The Labute approximate surface area is 222 Å². The van der Waals surface area contributed by atoms with E-state index in [-0.39, 0.29) is 41.5 Å². The Bertz CT molecular complexity index is 1070. The van der Waals surface area contributed by atoms with Crippen LogP contribution in [0.1, 0.15) is 66.9 Å². The number of hydrogen-bond donors (Lipinski definition) is 3. The first-order valence-electron chi connectivity index (χ1n) is 12.9. The van der Waals surface area contributed by atoms with E-state index in [0.717, 1.165) is 50.8 Å². The number of urea groups is 1. The normalized spacial score (nSPS) is 19.5. The van der Waals surface area contributed by atoms with Crippen LogP contribution in [0.4, 0.5) is 14.3 Å². The van der Waals surface area contributed by atoms with E-state index in [4.69, 9.17) is 0 Å². The molecule has 10 heteroatoms. The second-order valence-corrected chi connectivity index (χ2v) is 10.9. The molecule has 3 N–H and O–H groups in total. The molecule has 1 aliphatic carbocycles. The molecular weight excluding hydrogens is 493 g/mol. The fourth-order valence-electron chi connectivity index (χ4n) is 4.89. The van der Waals surface area contributed by atoms with Crippen LogP contribution in [0.3, 0.4) is 0 Å². The van der Waals surface area contributed by atoms with Crippen LogP contribution in [0.25, 0.3) is 0 Å². The Morgan fingerprint density at radius 3 is 2.54 bits per heavy atom. The average Bonchev–Trinajstić information content (AvgIpc) is 3.21. The zero-order valence-electron chi connectivity index (χ0n) is 22.1. The van der Waals surface area contributed by atoms with Crippen molar-refractivity contribution in [1.82, 2.24) is 20.5 Å². The van der Waals surface area contributed by atoms with Crippen molar-refractivity contribution in [2.45, 2.75) is 71.4 Å². The molecule has 3 amide bonds. The SMILES string of the molecule is CCC(=O)NC1CCC(NC(=O)Nc2nc(C)c(C(C)=O)s2)C(CN(C)CCCc2ccc(F)cc2)C1. The van der Waals surface area contributed by atoms with Gasteiger partial charge in [0.2, 0.25) is 5.91 Å². The molecular formula is C27H38FN5O3S. The summed E-state index contributed by atoms with van der Waals surface area (Å²) in [7, 11) is 2.07. The molecule has 202 valence electrons. The zero-order chi connectivity index (χ0) is 26.9. The predicted octanol–water partition coefficient (Wildman–Crippen LogP) is 4.54. The van der Waals surface area contributed by atoms with Crippen molar-refractivity contribution in [1.29, 1.82) is 0 Å². The maximum Gasteiger partial charge on any atom is 0.321 e. The number of aromatic nitrogens is 1. The van der Waals surface area contributed by atoms with Crippen LogP contribution in [-0.4, -0.2) is 59.8 Å². The van der Waals surface area contributed by atoms with Crippen LogP contribution in [0.15, 0.2) is 24.3 Å². The van der Waals surface area contributed by atoms with Crippen molar-refractivity contribution >= 4 is 34.2 Å². The summed E-state index contributed by atoms with van der Waals surface area (Å²) in [5.41, 5.74) is 1.72. The molecule has 0 saturated heterocycles. The monoisotopic (exact) mass is 531 g/mol. The number of nitrogens with zero attached hydrogens (tertiary/aromatic N) is 2. The summed E-state index contributed by atoms with van der Waals surface area (Å²) in [4.78, 5) is 43.6. The number of Topliss-reactive ketones (excluding diaryl/α,β-unsaturated/α-hetero) is 1. The number of hydrogen-bond acceptors (Lipinski definition) is 6. The highest BCUT2D eigenvalue weighted by Crippen LogP contribution is 2.27. The average molecular weight is 532 g/mol. The molecule has 8 nitrogen and oxygen atoms in total. The van der Waals surface area contributed by atoms with E-state index in [2.05, 4.69) is 32.9 Å². The van der Waals surface area contributed by atoms with E-state index < -0.39 is 0 Å². The summed E-state index contributed by atoms with van der Waals surface area (Å²) in [6.45, 7) is 6.73. The lowest BCUT2D eigenvalue weighted by molar-refractivity contribution is -0.121. The smallest absolute Gasteiger partial charge is 0.321 e. The summed E-state index contributed by atoms with van der Waals surface area (Å²) in [6, 6.07) is 6.31. The van der Waals surface area contributed by atoms with Crippen LogP contribution in [0.2, 0.25) is 0 Å². The van der Waals surface area contributed by atoms with E-state index in [9.17, 15) is 18.8 Å². The highest BCUT2D eigenvalue weighted by molar-refractivity contribution is 7.17. The number of rotatable bonds is 11. The summed E-state index contributed by atoms with van der Waals surface area (Å²) >= 11 is 1.18. The Morgan fingerprint density at radius 2 is 1.89 bits per heavy atom. The van der Waals surface area contributed by atoms with Crippen LogP contribution in [0.5, 0.6) is 0 Å². The van der Waals surface area contributed by atoms with Gasteiger partial charge in [0, 0.05) is 32.0 Å². The first kappa shape index (κ1) is 28.7. The van der Waals surface area contributed by atoms with E-state index in [0.29, 0.717) is 22.1 Å². The third-order valence-electron chi connectivity index (χ3n) is 6.79. The molecule has 1 heterocycles. The minimum Gasteiger partial charge on any atom is -0.353 e. The van der Waals surface area contributed by atoms with Crippen LogP contribution < -0.4 is 16.0 Å². The van der Waals surface area contributed by atoms with Crippen LogP contribution >= 0.6 is 11.3 Å². The van der Waals surface area contributed by atoms with Crippen molar-refractivity contribution in [2.24, 2.45) is 5.92 Å². The Kier molecular flexibility index (Phi) is 10.6. The lowest BCUT2D eigenvalue weighted by Crippen LogP contribution is -2.52. The standard InChI is InChI=1S/C27H38FN5O3S/c1-5-24(35)30-22-12-13-23(31-26(36)32-27-29-17(2)25(37-27)18(3)34)20(15-22)16-33(4)14-6-7-19-8-10-21(28)11-9-19/h8-11,20,22-23H,5-7,12-16H2,1-4H3,(H,30,35)(H2,29,31,32,36). The van der Waals surface area contributed by atoms with Crippen molar-refractivity contribution in [3.05, 3.63) is 46.2 Å². The van der Waals surface area contributed by atoms with Crippen molar-refractivity contribution < 1.29 is 18.8 Å². The van der Waals surface area contributed by atoms with Gasteiger partial charge in [-0.2, -0.15) is 0 Å². The molecule has 0 aliphatic heterocycles. The quantitative estimate of drug-likeness (QED) is 0.369. The number of amides is 3. The Hall–Kier alpha value is -2.85. The summed E-state index contributed by atoms with van der Waals surface area (Å²) in [5, 5.41) is 9.41. The van der Waals surface area contributed by atoms with E-state index >= 15 is 0 Å². The molecule has 1 saturated carbocycles. The number of anilines is 1. The summed E-state index contributed by atoms with van der Waals surface area (Å²) in [6.07, 6.45) is 4.58. The molecule has 1 aromatic heterocycles. The third kappa shape index (κ3) is 8.89. The van der Waals surface area contributed by atoms with Gasteiger partial charge in [-0.1, -0.05) is 30.4 Å². The van der Waals surface area contributed by atoms with Gasteiger partial charge in [-0.25, -0.2) is 14.2 Å². The fraction of sp³-hybridized carbons (Fsp3) is 0.556. The van der Waals surface area contributed by atoms with E-state index in [1.807, 2.05) is 19.1 Å². The van der Waals surface area contributed by atoms with E-state index in [1.165, 1.54) is 30.4 Å². The molecule has 0 spiro atoms. The van der Waals surface area contributed by atoms with E-state index in [1.54, 1.807) is 6.92 Å². The van der Waals surface area contributed by atoms with Gasteiger partial charge < -0.3 is 15.5 Å². The molecule has 3 atom stereocenters. The number of carbonyl (C=O) groups is 3. The Balaban J connectivity index is 1.58. The van der Waals surface area contributed by atoms with Crippen LogP contribution in [0, 0.1) is 18.7 Å². The van der Waals surface area contributed by atoms with Gasteiger partial charge in [0.15, 0.2) is 10.9 Å². The van der Waals surface area contributed by atoms with Gasteiger partial charge in [-0.15, -0.1) is 0 Å². The molecule has 3 unspecified atom stereocenters. The molecule has 37 heavy (non-hydrogen) atoms. The lowest BCUT2D eigenvalue weighted by atomic mass is 9.81. The number of halogens is 1. The first-order chi connectivity index (χ1) is 17.6. The Morgan fingerprint density at radius 1 is 1.16 bits per heavy atom. The number of nitrogens with one attached hydrogen (secondary N) is 3. The second kappa shape index (κ2) is 13.6. The number of aryl methyl sites for hydroxylation is 2. The lowest BCUT2D eigenvalue weighted by Gasteiger charge is -2.38. The number of ketones is 1. The largest absolute Gasteiger partial charge is 0.353 e. The highest BCUT2D eigenvalue weighted by Gasteiger charge is 2.33. The molecule has 1 fully saturated rings. The highest BCUT2D eigenvalue weighted by atomic mass is 32.1. The van der Waals surface area contributed by atoms with Gasteiger partial charge in [0.25, 0.3) is 0 Å². The summed E-state index contributed by atoms with van der Waals surface area (Å²) < 4.78 is 13.1. The van der Waals surface area contributed by atoms with Crippen LogP contribution in [-0.2, 0) is 11.2 Å². The zero-order valence-corrected chi connectivity index (χ0v) is 22.9. The van der Waals surface area contributed by atoms with Gasteiger partial charge in [0.1, 0.15) is 5.82 Å². The second-order valence-electron chi connectivity index (χ2n) is 9.88. The third-order valence-corrected chi connectivity index (χ3v) is 7.96. The molecule has 1 aliphatic rings. The van der Waals surface area contributed by atoms with Gasteiger partial charge in [-0.05, 0) is 76.2 Å². The van der Waals surface area contributed by atoms with Gasteiger partial charge in [0.05, 0.1) is 10.6 Å². The topological polar surface area (TPSA) is 103 Å². The van der Waals surface area contributed by atoms with Gasteiger partial charge >= 0.3 is 6.03 Å². The molecule has 0 radical (unpaired) electrons. The summed E-state index contributed by atoms with van der Waals surface area (Å²) in [5.74, 6) is -0.0996. The predicted molar refractivity (Wildman–Crippen MR) is 145 cm³/mol. The fourth-order valence-corrected chi connectivity index (χ4v) is 5.75. The number of thiazole rings is 1. The van der Waals surface area contributed by atoms with Crippen molar-refractivity contribution in [3.8, 4) is 0 Å². The van der Waals surface area contributed by atoms with Gasteiger partial charge in [-0.3, -0.25) is 14.9 Å². The maximum absolute atomic E-state index is 13.1. The molecule has 3 rings (SSSR count). The maximum atomic E-state index is 13.1. The molecule has 2 aromatic rings. The number of benzene rings is 1. The minimum atomic E-state index is -0.339. The number of carbonyl (C=O) groups excluding carboxylic acids is 3. The first-order valence-corrected chi connectivity index (χ1v) is 13.7. The minimum absolute atomic E-state index is 0.0426.